The molecule has 11 heteroatoms. The smallest absolute Gasteiger partial charge is 0.298 e. The normalized spacial score (nSPS) is 11.5. The molecule has 0 amide bonds. The molecule has 2 aromatic heterocycles. The summed E-state index contributed by atoms with van der Waals surface area (Å²) in [6.07, 6.45) is 1.18. The van der Waals surface area contributed by atoms with Crippen molar-refractivity contribution in [1.29, 1.82) is 0 Å². The maximum atomic E-state index is 14.0. The van der Waals surface area contributed by atoms with Crippen LogP contribution in [0.25, 0.3) is 11.2 Å². The minimum atomic E-state index is -0.637. The highest BCUT2D eigenvalue weighted by Gasteiger charge is 2.17. The van der Waals surface area contributed by atoms with Crippen molar-refractivity contribution in [2.24, 2.45) is 12.1 Å². The first kappa shape index (κ1) is 20.5. The standard InChI is InChI=1S/C20H15ClF2N6O2/c1-28-17-16(18(30)26-20(28)31)29(10-11-5-7-12(22)8-6-11)19(25-17)27-24-9-13-14(21)3-2-4-15(13)23/h2-9H,10H2,1H3,(H,25,27)(H,26,30,31). The number of H-pyrrole nitrogens is 1. The molecule has 0 aliphatic heterocycles. The maximum Gasteiger partial charge on any atom is 0.329 e. The van der Waals surface area contributed by atoms with E-state index < -0.39 is 22.9 Å². The Bertz CT molecular complexity index is 1400. The van der Waals surface area contributed by atoms with E-state index in [0.717, 1.165) is 0 Å². The van der Waals surface area contributed by atoms with Crippen LogP contribution in [0, 0.1) is 11.6 Å². The van der Waals surface area contributed by atoms with Crippen LogP contribution in [0.15, 0.2) is 57.2 Å². The second kappa shape index (κ2) is 8.15. The molecule has 2 heterocycles. The molecular weight excluding hydrogens is 430 g/mol. The van der Waals surface area contributed by atoms with E-state index in [0.29, 0.717) is 5.56 Å². The average Bonchev–Trinajstić information content (AvgIpc) is 3.09. The van der Waals surface area contributed by atoms with Crippen LogP contribution in [0.4, 0.5) is 14.7 Å². The molecule has 158 valence electrons. The second-order valence-electron chi connectivity index (χ2n) is 6.64. The second-order valence-corrected chi connectivity index (χ2v) is 7.05. The summed E-state index contributed by atoms with van der Waals surface area (Å²) in [6, 6.07) is 9.93. The van der Waals surface area contributed by atoms with Gasteiger partial charge in [0, 0.05) is 12.6 Å². The summed E-state index contributed by atoms with van der Waals surface area (Å²) in [5.41, 5.74) is 2.39. The molecule has 0 radical (unpaired) electrons. The lowest BCUT2D eigenvalue weighted by molar-refractivity contribution is 0.625. The number of imidazole rings is 1. The van der Waals surface area contributed by atoms with Crippen LogP contribution in [0.3, 0.4) is 0 Å². The van der Waals surface area contributed by atoms with E-state index in [2.05, 4.69) is 20.5 Å². The highest BCUT2D eigenvalue weighted by atomic mass is 35.5. The van der Waals surface area contributed by atoms with Gasteiger partial charge in [-0.25, -0.2) is 19.0 Å². The molecule has 2 N–H and O–H groups in total. The maximum absolute atomic E-state index is 14.0. The zero-order valence-corrected chi connectivity index (χ0v) is 16.8. The zero-order valence-electron chi connectivity index (χ0n) is 16.1. The Balaban J connectivity index is 1.80. The van der Waals surface area contributed by atoms with Crippen molar-refractivity contribution in [3.8, 4) is 0 Å². The lowest BCUT2D eigenvalue weighted by atomic mass is 10.2. The summed E-state index contributed by atoms with van der Waals surface area (Å²) >= 11 is 5.99. The van der Waals surface area contributed by atoms with E-state index in [1.807, 2.05) is 0 Å². The Morgan fingerprint density at radius 3 is 2.65 bits per heavy atom. The topological polar surface area (TPSA) is 97.1 Å². The Morgan fingerprint density at radius 1 is 1.19 bits per heavy atom. The van der Waals surface area contributed by atoms with Crippen LogP contribution in [0.2, 0.25) is 5.02 Å². The number of fused-ring (bicyclic) bond motifs is 1. The van der Waals surface area contributed by atoms with Crippen LogP contribution in [0.5, 0.6) is 0 Å². The molecule has 0 aliphatic carbocycles. The summed E-state index contributed by atoms with van der Waals surface area (Å²) < 4.78 is 29.9. The van der Waals surface area contributed by atoms with Gasteiger partial charge in [-0.1, -0.05) is 29.8 Å². The number of halogens is 3. The molecule has 0 atom stereocenters. The molecule has 0 saturated heterocycles. The van der Waals surface area contributed by atoms with Gasteiger partial charge in [0.05, 0.1) is 17.8 Å². The fourth-order valence-electron chi connectivity index (χ4n) is 3.03. The third-order valence-electron chi connectivity index (χ3n) is 4.62. The first-order valence-electron chi connectivity index (χ1n) is 9.02. The van der Waals surface area contributed by atoms with Gasteiger partial charge in [-0.3, -0.25) is 18.9 Å². The Morgan fingerprint density at radius 2 is 1.94 bits per heavy atom. The Labute approximate surface area is 178 Å². The van der Waals surface area contributed by atoms with Crippen LogP contribution < -0.4 is 16.7 Å². The van der Waals surface area contributed by atoms with E-state index in [1.165, 1.54) is 52.7 Å². The number of hydrogen-bond acceptors (Lipinski definition) is 5. The van der Waals surface area contributed by atoms with Crippen molar-refractivity contribution in [2.45, 2.75) is 6.54 Å². The van der Waals surface area contributed by atoms with Crippen molar-refractivity contribution in [3.63, 3.8) is 0 Å². The highest BCUT2D eigenvalue weighted by Crippen LogP contribution is 2.19. The zero-order chi connectivity index (χ0) is 22.1. The Kier molecular flexibility index (Phi) is 5.38. The van der Waals surface area contributed by atoms with Gasteiger partial charge in [-0.2, -0.15) is 10.1 Å². The van der Waals surface area contributed by atoms with Gasteiger partial charge in [-0.05, 0) is 29.8 Å². The number of nitrogens with zero attached hydrogens (tertiary/aromatic N) is 4. The number of aromatic nitrogens is 4. The number of hydrogen-bond donors (Lipinski definition) is 2. The van der Waals surface area contributed by atoms with Crippen molar-refractivity contribution < 1.29 is 8.78 Å². The lowest BCUT2D eigenvalue weighted by Crippen LogP contribution is -2.29. The molecule has 8 nitrogen and oxygen atoms in total. The number of aromatic amines is 1. The van der Waals surface area contributed by atoms with E-state index in [9.17, 15) is 18.4 Å². The summed E-state index contributed by atoms with van der Waals surface area (Å²) in [7, 11) is 1.46. The highest BCUT2D eigenvalue weighted by molar-refractivity contribution is 6.33. The number of benzene rings is 2. The molecule has 0 bridgehead atoms. The molecule has 4 aromatic rings. The first-order chi connectivity index (χ1) is 14.8. The first-order valence-corrected chi connectivity index (χ1v) is 9.40. The number of hydrazone groups is 1. The van der Waals surface area contributed by atoms with E-state index in [4.69, 9.17) is 11.6 Å². The number of rotatable bonds is 5. The van der Waals surface area contributed by atoms with Crippen LogP contribution >= 0.6 is 11.6 Å². The lowest BCUT2D eigenvalue weighted by Gasteiger charge is -2.08. The van der Waals surface area contributed by atoms with Crippen LogP contribution in [0.1, 0.15) is 11.1 Å². The molecule has 31 heavy (non-hydrogen) atoms. The molecule has 4 rings (SSSR count). The summed E-state index contributed by atoms with van der Waals surface area (Å²) in [5.74, 6) is -0.837. The van der Waals surface area contributed by atoms with Crippen LogP contribution in [-0.2, 0) is 13.6 Å². The summed E-state index contributed by atoms with van der Waals surface area (Å²) in [4.78, 5) is 31.0. The SMILES string of the molecule is Cn1c(=O)[nH]c(=O)c2c1nc(NN=Cc1c(F)cccc1Cl)n2Cc1ccc(F)cc1. The monoisotopic (exact) mass is 444 g/mol. The summed E-state index contributed by atoms with van der Waals surface area (Å²) in [5, 5.41) is 4.16. The number of anilines is 1. The van der Waals surface area contributed by atoms with Gasteiger partial charge in [0.1, 0.15) is 11.6 Å². The predicted octanol–water partition coefficient (Wildman–Crippen LogP) is 2.85. The average molecular weight is 445 g/mol. The van der Waals surface area contributed by atoms with Crippen molar-refractivity contribution in [3.05, 3.63) is 91.1 Å². The predicted molar refractivity (Wildman–Crippen MR) is 114 cm³/mol. The third-order valence-corrected chi connectivity index (χ3v) is 4.95. The third kappa shape index (κ3) is 3.97. The molecule has 0 fully saturated rings. The van der Waals surface area contributed by atoms with Gasteiger partial charge < -0.3 is 0 Å². The minimum Gasteiger partial charge on any atom is -0.298 e. The van der Waals surface area contributed by atoms with Gasteiger partial charge in [0.2, 0.25) is 5.95 Å². The van der Waals surface area contributed by atoms with Gasteiger partial charge >= 0.3 is 5.69 Å². The summed E-state index contributed by atoms with van der Waals surface area (Å²) in [6.45, 7) is 0.135. The molecule has 0 spiro atoms. The van der Waals surface area contributed by atoms with Gasteiger partial charge in [0.15, 0.2) is 11.2 Å². The fraction of sp³-hybridized carbons (Fsp3) is 0.100. The molecule has 0 saturated carbocycles. The molecule has 2 aromatic carbocycles. The van der Waals surface area contributed by atoms with Crippen molar-refractivity contribution in [1.82, 2.24) is 19.1 Å². The van der Waals surface area contributed by atoms with Crippen molar-refractivity contribution in [2.75, 3.05) is 5.43 Å². The largest absolute Gasteiger partial charge is 0.329 e. The Hall–Kier alpha value is -3.79. The number of nitrogens with one attached hydrogen (secondary N) is 2. The number of aryl methyl sites for hydroxylation is 1. The van der Waals surface area contributed by atoms with Crippen molar-refractivity contribution >= 4 is 34.9 Å². The van der Waals surface area contributed by atoms with E-state index in [-0.39, 0.29) is 34.2 Å². The van der Waals surface area contributed by atoms with Gasteiger partial charge in [0.25, 0.3) is 5.56 Å². The van der Waals surface area contributed by atoms with E-state index >= 15 is 0 Å². The van der Waals surface area contributed by atoms with E-state index in [1.54, 1.807) is 12.1 Å². The fourth-order valence-corrected chi connectivity index (χ4v) is 3.25. The molecular formula is C20H15ClF2N6O2. The molecule has 0 aliphatic rings. The molecule has 0 unspecified atom stereocenters. The van der Waals surface area contributed by atoms with Gasteiger partial charge in [-0.15, -0.1) is 0 Å². The quantitative estimate of drug-likeness (QED) is 0.365. The minimum absolute atomic E-state index is 0.0723. The van der Waals surface area contributed by atoms with Crippen LogP contribution in [-0.4, -0.2) is 25.3 Å².